The molecule has 2 rings (SSSR count). The van der Waals surface area contributed by atoms with Crippen LogP contribution >= 0.6 is 0 Å². The molecule has 1 amide bonds. The molecular weight excluding hydrogens is 238 g/mol. The van der Waals surface area contributed by atoms with Gasteiger partial charge in [-0.25, -0.2) is 0 Å². The van der Waals surface area contributed by atoms with E-state index >= 15 is 0 Å². The fourth-order valence-corrected chi connectivity index (χ4v) is 1.73. The van der Waals surface area contributed by atoms with Crippen LogP contribution in [0, 0.1) is 0 Å². The van der Waals surface area contributed by atoms with E-state index in [4.69, 9.17) is 0 Å². The molecule has 0 aliphatic carbocycles. The van der Waals surface area contributed by atoms with E-state index in [2.05, 4.69) is 16.5 Å². The normalized spacial score (nSPS) is 9.89. The minimum atomic E-state index is -0.0707. The average molecular weight is 253 g/mol. The molecule has 19 heavy (non-hydrogen) atoms. The molecule has 4 nitrogen and oxygen atoms in total. The maximum Gasteiger partial charge on any atom is 0.256 e. The highest BCUT2D eigenvalue weighted by molar-refractivity contribution is 5.93. The first-order valence-electron chi connectivity index (χ1n) is 6.01. The molecule has 2 aromatic heterocycles. The molecule has 0 atom stereocenters. The summed E-state index contributed by atoms with van der Waals surface area (Å²) in [7, 11) is 0. The number of nitrogens with zero attached hydrogens (tertiary/aromatic N) is 3. The number of aromatic nitrogens is 2. The van der Waals surface area contributed by atoms with Gasteiger partial charge in [-0.1, -0.05) is 12.1 Å². The Labute approximate surface area is 112 Å². The summed E-state index contributed by atoms with van der Waals surface area (Å²) >= 11 is 0. The molecule has 0 radical (unpaired) electrons. The molecule has 0 spiro atoms. The van der Waals surface area contributed by atoms with E-state index in [-0.39, 0.29) is 5.91 Å². The van der Waals surface area contributed by atoms with Crippen LogP contribution in [0.25, 0.3) is 0 Å². The SMILES string of the molecule is C=CCN(Cc1ccccn1)C(=O)c1cccnc1. The molecule has 0 N–H and O–H groups in total. The Hall–Kier alpha value is -2.49. The van der Waals surface area contributed by atoms with Crippen molar-refractivity contribution in [1.82, 2.24) is 14.9 Å². The second kappa shape index (κ2) is 6.44. The Kier molecular flexibility index (Phi) is 4.39. The zero-order valence-corrected chi connectivity index (χ0v) is 10.6. The van der Waals surface area contributed by atoms with Crippen molar-refractivity contribution in [1.29, 1.82) is 0 Å². The molecule has 96 valence electrons. The molecular formula is C15H15N3O. The van der Waals surface area contributed by atoms with Gasteiger partial charge in [0, 0.05) is 25.1 Å². The van der Waals surface area contributed by atoms with Crippen LogP contribution in [0.5, 0.6) is 0 Å². The number of amides is 1. The monoisotopic (exact) mass is 253 g/mol. The molecule has 0 saturated carbocycles. The Morgan fingerprint density at radius 2 is 2.16 bits per heavy atom. The van der Waals surface area contributed by atoms with Crippen molar-refractivity contribution in [3.05, 3.63) is 72.8 Å². The fourth-order valence-electron chi connectivity index (χ4n) is 1.73. The molecule has 4 heteroatoms. The van der Waals surface area contributed by atoms with Gasteiger partial charge in [-0.2, -0.15) is 0 Å². The summed E-state index contributed by atoms with van der Waals surface area (Å²) < 4.78 is 0. The van der Waals surface area contributed by atoms with Crippen molar-refractivity contribution < 1.29 is 4.79 Å². The highest BCUT2D eigenvalue weighted by Crippen LogP contribution is 2.07. The van der Waals surface area contributed by atoms with E-state index in [0.29, 0.717) is 18.7 Å². The maximum absolute atomic E-state index is 12.3. The minimum absolute atomic E-state index is 0.0707. The van der Waals surface area contributed by atoms with Gasteiger partial charge in [0.25, 0.3) is 5.91 Å². The summed E-state index contributed by atoms with van der Waals surface area (Å²) in [4.78, 5) is 22.2. The van der Waals surface area contributed by atoms with Crippen LogP contribution in [-0.2, 0) is 6.54 Å². The van der Waals surface area contributed by atoms with Gasteiger partial charge >= 0.3 is 0 Å². The quantitative estimate of drug-likeness (QED) is 0.768. The summed E-state index contributed by atoms with van der Waals surface area (Å²) in [6, 6.07) is 9.16. The Morgan fingerprint density at radius 1 is 1.26 bits per heavy atom. The van der Waals surface area contributed by atoms with E-state index in [1.165, 1.54) is 0 Å². The summed E-state index contributed by atoms with van der Waals surface area (Å²) in [5, 5.41) is 0. The molecule has 2 heterocycles. The van der Waals surface area contributed by atoms with Crippen molar-refractivity contribution in [2.45, 2.75) is 6.54 Å². The van der Waals surface area contributed by atoms with Gasteiger partial charge in [-0.05, 0) is 24.3 Å². The van der Waals surface area contributed by atoms with Crippen LogP contribution in [0.2, 0.25) is 0 Å². The third kappa shape index (κ3) is 3.48. The van der Waals surface area contributed by atoms with Crippen molar-refractivity contribution in [3.8, 4) is 0 Å². The lowest BCUT2D eigenvalue weighted by atomic mass is 10.2. The van der Waals surface area contributed by atoms with E-state index < -0.39 is 0 Å². The Bertz CT molecular complexity index is 540. The van der Waals surface area contributed by atoms with Gasteiger partial charge < -0.3 is 4.90 Å². The summed E-state index contributed by atoms with van der Waals surface area (Å²) in [6.07, 6.45) is 6.64. The van der Waals surface area contributed by atoms with Gasteiger partial charge in [0.15, 0.2) is 0 Å². The summed E-state index contributed by atoms with van der Waals surface area (Å²) in [5.74, 6) is -0.0707. The second-order valence-corrected chi connectivity index (χ2v) is 4.04. The van der Waals surface area contributed by atoms with Gasteiger partial charge in [0.05, 0.1) is 17.8 Å². The van der Waals surface area contributed by atoms with E-state index in [1.807, 2.05) is 18.2 Å². The zero-order valence-electron chi connectivity index (χ0n) is 10.6. The molecule has 0 aliphatic rings. The van der Waals surface area contributed by atoms with Gasteiger partial charge in [-0.15, -0.1) is 6.58 Å². The number of pyridine rings is 2. The zero-order chi connectivity index (χ0) is 13.5. The van der Waals surface area contributed by atoms with Gasteiger partial charge in [-0.3, -0.25) is 14.8 Å². The molecule has 0 aromatic carbocycles. The smallest absolute Gasteiger partial charge is 0.256 e. The predicted octanol–water partition coefficient (Wildman–Crippen LogP) is 2.31. The van der Waals surface area contributed by atoms with Crippen molar-refractivity contribution >= 4 is 5.91 Å². The van der Waals surface area contributed by atoms with E-state index in [0.717, 1.165) is 5.69 Å². The highest BCUT2D eigenvalue weighted by atomic mass is 16.2. The highest BCUT2D eigenvalue weighted by Gasteiger charge is 2.15. The van der Waals surface area contributed by atoms with Crippen molar-refractivity contribution in [3.63, 3.8) is 0 Å². The predicted molar refractivity (Wildman–Crippen MR) is 73.4 cm³/mol. The average Bonchev–Trinajstić information content (AvgIpc) is 2.48. The van der Waals surface area contributed by atoms with Crippen LogP contribution in [0.3, 0.4) is 0 Å². The van der Waals surface area contributed by atoms with E-state index in [9.17, 15) is 4.79 Å². The van der Waals surface area contributed by atoms with E-state index in [1.54, 1.807) is 41.7 Å². The lowest BCUT2D eigenvalue weighted by Crippen LogP contribution is -2.31. The molecule has 0 bridgehead atoms. The standard InChI is InChI=1S/C15H15N3O/c1-2-10-18(12-14-7-3-4-9-17-14)15(19)13-6-5-8-16-11-13/h2-9,11H,1,10,12H2. The minimum Gasteiger partial charge on any atom is -0.329 e. The number of hydrogen-bond donors (Lipinski definition) is 0. The summed E-state index contributed by atoms with van der Waals surface area (Å²) in [6.45, 7) is 4.62. The molecule has 0 saturated heterocycles. The number of rotatable bonds is 5. The van der Waals surface area contributed by atoms with Gasteiger partial charge in [0.1, 0.15) is 0 Å². The first kappa shape index (κ1) is 13.0. The third-order valence-corrected chi connectivity index (χ3v) is 2.62. The molecule has 0 fully saturated rings. The lowest BCUT2D eigenvalue weighted by molar-refractivity contribution is 0.0760. The maximum atomic E-state index is 12.3. The van der Waals surface area contributed by atoms with Crippen molar-refractivity contribution in [2.24, 2.45) is 0 Å². The molecule has 0 aliphatic heterocycles. The Balaban J connectivity index is 2.16. The van der Waals surface area contributed by atoms with Crippen LogP contribution in [-0.4, -0.2) is 27.3 Å². The van der Waals surface area contributed by atoms with Crippen molar-refractivity contribution in [2.75, 3.05) is 6.54 Å². The first-order chi connectivity index (χ1) is 9.31. The largest absolute Gasteiger partial charge is 0.329 e. The van der Waals surface area contributed by atoms with Crippen LogP contribution in [0.4, 0.5) is 0 Å². The van der Waals surface area contributed by atoms with Gasteiger partial charge in [0.2, 0.25) is 0 Å². The topological polar surface area (TPSA) is 46.1 Å². The first-order valence-corrected chi connectivity index (χ1v) is 6.01. The fraction of sp³-hybridized carbons (Fsp3) is 0.133. The number of carbonyl (C=O) groups excluding carboxylic acids is 1. The second-order valence-electron chi connectivity index (χ2n) is 4.04. The Morgan fingerprint density at radius 3 is 2.79 bits per heavy atom. The summed E-state index contributed by atoms with van der Waals surface area (Å²) in [5.41, 5.74) is 1.42. The van der Waals surface area contributed by atoms with Crippen LogP contribution < -0.4 is 0 Å². The van der Waals surface area contributed by atoms with Crippen LogP contribution in [0.15, 0.2) is 61.6 Å². The number of hydrogen-bond acceptors (Lipinski definition) is 3. The number of carbonyl (C=O) groups is 1. The molecule has 0 unspecified atom stereocenters. The molecule has 2 aromatic rings. The van der Waals surface area contributed by atoms with Crippen LogP contribution in [0.1, 0.15) is 16.1 Å². The third-order valence-electron chi connectivity index (χ3n) is 2.62. The lowest BCUT2D eigenvalue weighted by Gasteiger charge is -2.20.